The molecular weight excluding hydrogens is 370 g/mol. The van der Waals surface area contributed by atoms with Crippen LogP contribution >= 0.6 is 0 Å². The summed E-state index contributed by atoms with van der Waals surface area (Å²) in [6, 6.07) is 8.04. The average Bonchev–Trinajstić information content (AvgIpc) is 3.38. The summed E-state index contributed by atoms with van der Waals surface area (Å²) in [7, 11) is 1.67. The Morgan fingerprint density at radius 2 is 1.93 bits per heavy atom. The zero-order valence-electron chi connectivity index (χ0n) is 17.3. The zero-order chi connectivity index (χ0) is 20.6. The van der Waals surface area contributed by atoms with Crippen molar-refractivity contribution in [2.75, 3.05) is 20.2 Å². The monoisotopic (exact) mass is 397 g/mol. The van der Waals surface area contributed by atoms with Crippen molar-refractivity contribution in [1.29, 1.82) is 0 Å². The van der Waals surface area contributed by atoms with E-state index in [2.05, 4.69) is 34.1 Å². The smallest absolute Gasteiger partial charge is 0.259 e. The third-order valence-corrected chi connectivity index (χ3v) is 5.66. The van der Waals surface area contributed by atoms with Gasteiger partial charge >= 0.3 is 0 Å². The van der Waals surface area contributed by atoms with Crippen molar-refractivity contribution in [3.05, 3.63) is 58.5 Å². The van der Waals surface area contributed by atoms with E-state index in [-0.39, 0.29) is 0 Å². The normalized spacial score (nSPS) is 19.8. The number of nitrogens with zero attached hydrogens (tertiary/aromatic N) is 5. The van der Waals surface area contributed by atoms with Gasteiger partial charge in [-0.15, -0.1) is 0 Å². The molecule has 0 amide bonds. The van der Waals surface area contributed by atoms with E-state index in [0.29, 0.717) is 31.2 Å². The van der Waals surface area contributed by atoms with Crippen molar-refractivity contribution < 1.29 is 14.4 Å². The number of aromatic nitrogens is 4. The highest BCUT2D eigenvalue weighted by atomic mass is 16.5. The van der Waals surface area contributed by atoms with Crippen LogP contribution in [-0.2, 0) is 18.7 Å². The van der Waals surface area contributed by atoms with Crippen LogP contribution in [0.2, 0.25) is 0 Å². The molecule has 1 atom stereocenters. The molecule has 3 aromatic rings. The lowest BCUT2D eigenvalue weighted by atomic mass is 10.0. The van der Waals surface area contributed by atoms with Crippen molar-refractivity contribution in [2.45, 2.75) is 45.9 Å². The summed E-state index contributed by atoms with van der Waals surface area (Å²) in [5, 5.41) is 19.5. The number of likely N-dealkylation sites (tertiary alicyclic amines) is 1. The van der Waals surface area contributed by atoms with Crippen LogP contribution in [0.3, 0.4) is 0 Å². The number of benzene rings is 1. The van der Waals surface area contributed by atoms with E-state index in [1.807, 2.05) is 23.7 Å². The zero-order valence-corrected chi connectivity index (χ0v) is 17.3. The van der Waals surface area contributed by atoms with Crippen molar-refractivity contribution in [3.8, 4) is 5.75 Å². The van der Waals surface area contributed by atoms with Crippen LogP contribution in [0.25, 0.3) is 0 Å². The molecule has 2 aromatic heterocycles. The Kier molecular flexibility index (Phi) is 5.14. The predicted octanol–water partition coefficient (Wildman–Crippen LogP) is 2.34. The molecule has 3 heterocycles. The number of ether oxygens (including phenoxy) is 1. The van der Waals surface area contributed by atoms with Gasteiger partial charge in [-0.05, 0) is 44.9 Å². The fraction of sp³-hybridized carbons (Fsp3) is 0.476. The Morgan fingerprint density at radius 1 is 1.17 bits per heavy atom. The number of β-amino-alcohol motifs (C(OH)–C–C–N with tert-alkyl or cyclic N) is 1. The summed E-state index contributed by atoms with van der Waals surface area (Å²) >= 11 is 0. The van der Waals surface area contributed by atoms with Crippen molar-refractivity contribution in [3.63, 3.8) is 0 Å². The predicted molar refractivity (Wildman–Crippen MR) is 107 cm³/mol. The lowest BCUT2D eigenvalue weighted by Gasteiger charge is -2.19. The molecule has 1 N–H and O–H groups in total. The topological polar surface area (TPSA) is 89.4 Å². The minimum atomic E-state index is -1.08. The summed E-state index contributed by atoms with van der Waals surface area (Å²) in [6.45, 7) is 8.57. The van der Waals surface area contributed by atoms with Gasteiger partial charge in [0.1, 0.15) is 5.75 Å². The van der Waals surface area contributed by atoms with Crippen LogP contribution in [0.15, 0.2) is 28.8 Å². The molecule has 0 spiro atoms. The highest BCUT2D eigenvalue weighted by molar-refractivity contribution is 5.29. The maximum atomic E-state index is 10.9. The number of hydrogen-bond donors (Lipinski definition) is 1. The molecule has 0 aliphatic carbocycles. The summed E-state index contributed by atoms with van der Waals surface area (Å²) in [6.07, 6.45) is 0.576. The fourth-order valence-corrected chi connectivity index (χ4v) is 3.91. The summed E-state index contributed by atoms with van der Waals surface area (Å²) in [4.78, 5) is 6.44. The summed E-state index contributed by atoms with van der Waals surface area (Å²) in [5.74, 6) is 1.69. The molecule has 1 saturated heterocycles. The first kappa shape index (κ1) is 19.6. The largest absolute Gasteiger partial charge is 0.497 e. The lowest BCUT2D eigenvalue weighted by Crippen LogP contribution is -2.31. The molecular formula is C21H27N5O3. The van der Waals surface area contributed by atoms with Gasteiger partial charge in [0.05, 0.1) is 19.3 Å². The van der Waals surface area contributed by atoms with Crippen LogP contribution in [0.4, 0.5) is 0 Å². The number of methoxy groups -OCH3 is 1. The van der Waals surface area contributed by atoms with Crippen LogP contribution < -0.4 is 4.74 Å². The van der Waals surface area contributed by atoms with Crippen molar-refractivity contribution in [1.82, 2.24) is 24.8 Å². The van der Waals surface area contributed by atoms with Crippen molar-refractivity contribution >= 4 is 0 Å². The van der Waals surface area contributed by atoms with E-state index in [1.54, 1.807) is 14.0 Å². The third-order valence-electron chi connectivity index (χ3n) is 5.66. The molecule has 0 radical (unpaired) electrons. The van der Waals surface area contributed by atoms with Gasteiger partial charge in [-0.3, -0.25) is 9.58 Å². The van der Waals surface area contributed by atoms with E-state index in [0.717, 1.165) is 30.2 Å². The number of hydrogen-bond acceptors (Lipinski definition) is 7. The molecule has 8 heteroatoms. The molecule has 154 valence electrons. The average molecular weight is 397 g/mol. The second-order valence-corrected chi connectivity index (χ2v) is 7.79. The molecule has 1 fully saturated rings. The second-order valence-electron chi connectivity index (χ2n) is 7.79. The van der Waals surface area contributed by atoms with Crippen LogP contribution in [0, 0.1) is 20.8 Å². The number of rotatable bonds is 6. The van der Waals surface area contributed by atoms with Gasteiger partial charge in [0, 0.05) is 30.9 Å². The van der Waals surface area contributed by atoms with Crippen molar-refractivity contribution in [2.24, 2.45) is 0 Å². The second kappa shape index (κ2) is 7.61. The molecule has 0 saturated carbocycles. The Hall–Kier alpha value is -2.71. The maximum absolute atomic E-state index is 10.9. The fourth-order valence-electron chi connectivity index (χ4n) is 3.91. The third kappa shape index (κ3) is 3.90. The quantitative estimate of drug-likeness (QED) is 0.683. The molecule has 1 aromatic carbocycles. The van der Waals surface area contributed by atoms with E-state index < -0.39 is 5.60 Å². The first-order chi connectivity index (χ1) is 13.9. The Morgan fingerprint density at radius 3 is 2.59 bits per heavy atom. The van der Waals surface area contributed by atoms with Gasteiger partial charge in [0.25, 0.3) is 5.89 Å². The molecule has 1 aliphatic rings. The SMILES string of the molecule is COc1ccc(Cn2nc(C)c(CN3CCC(O)(c4nc(C)no4)C3)c2C)cc1. The molecule has 4 rings (SSSR count). The highest BCUT2D eigenvalue weighted by Gasteiger charge is 2.42. The maximum Gasteiger partial charge on any atom is 0.259 e. The van der Waals surface area contributed by atoms with E-state index in [4.69, 9.17) is 14.4 Å². The van der Waals surface area contributed by atoms with E-state index >= 15 is 0 Å². The first-order valence-corrected chi connectivity index (χ1v) is 9.79. The number of aliphatic hydroxyl groups is 1. The van der Waals surface area contributed by atoms with Gasteiger partial charge in [-0.2, -0.15) is 10.1 Å². The van der Waals surface area contributed by atoms with Gasteiger partial charge < -0.3 is 14.4 Å². The lowest BCUT2D eigenvalue weighted by molar-refractivity contribution is 0.0130. The summed E-state index contributed by atoms with van der Waals surface area (Å²) in [5.41, 5.74) is 3.44. The molecule has 8 nitrogen and oxygen atoms in total. The standard InChI is InChI=1S/C21H27N5O3/c1-14-19(12-25-10-9-21(27,13-25)20-22-16(3)24-29-20)15(2)26(23-14)11-17-5-7-18(28-4)8-6-17/h5-8,27H,9-13H2,1-4H3. The number of aryl methyl sites for hydroxylation is 2. The molecule has 1 unspecified atom stereocenters. The first-order valence-electron chi connectivity index (χ1n) is 9.79. The van der Waals surface area contributed by atoms with Crippen LogP contribution in [0.5, 0.6) is 5.75 Å². The molecule has 29 heavy (non-hydrogen) atoms. The minimum absolute atomic E-state index is 0.307. The minimum Gasteiger partial charge on any atom is -0.497 e. The highest BCUT2D eigenvalue weighted by Crippen LogP contribution is 2.32. The van der Waals surface area contributed by atoms with Gasteiger partial charge in [-0.25, -0.2) is 0 Å². The van der Waals surface area contributed by atoms with Gasteiger partial charge in [-0.1, -0.05) is 17.3 Å². The molecule has 0 bridgehead atoms. The Balaban J connectivity index is 1.47. The van der Waals surface area contributed by atoms with E-state index in [1.165, 1.54) is 11.1 Å². The van der Waals surface area contributed by atoms with Gasteiger partial charge in [0.2, 0.25) is 0 Å². The molecule has 1 aliphatic heterocycles. The van der Waals surface area contributed by atoms with Crippen LogP contribution in [0.1, 0.15) is 40.7 Å². The Bertz CT molecular complexity index is 994. The Labute approximate surface area is 170 Å². The van der Waals surface area contributed by atoms with Gasteiger partial charge in [0.15, 0.2) is 11.4 Å². The summed E-state index contributed by atoms with van der Waals surface area (Å²) < 4.78 is 12.5. The van der Waals surface area contributed by atoms with E-state index in [9.17, 15) is 5.11 Å². The van der Waals surface area contributed by atoms with Crippen LogP contribution in [-0.4, -0.2) is 50.1 Å².